The molecule has 28 heavy (non-hydrogen) atoms. The van der Waals surface area contributed by atoms with Crippen molar-refractivity contribution in [2.75, 3.05) is 11.8 Å². The molecule has 0 radical (unpaired) electrons. The van der Waals surface area contributed by atoms with E-state index in [9.17, 15) is 8.42 Å². The number of halogens is 1. The summed E-state index contributed by atoms with van der Waals surface area (Å²) < 4.78 is 45.0. The molecule has 0 unspecified atom stereocenters. The first-order valence-electron chi connectivity index (χ1n) is 8.77. The summed E-state index contributed by atoms with van der Waals surface area (Å²) in [6.45, 7) is 7.92. The maximum atomic E-state index is 12.7. The first-order valence-corrected chi connectivity index (χ1v) is 10.6. The van der Waals surface area contributed by atoms with Crippen molar-refractivity contribution in [3.05, 3.63) is 47.5 Å². The second-order valence-electron chi connectivity index (χ2n) is 7.61. The van der Waals surface area contributed by atoms with Crippen LogP contribution in [-0.2, 0) is 19.3 Å². The van der Waals surface area contributed by atoms with Crippen molar-refractivity contribution in [1.29, 1.82) is 0 Å². The quantitative estimate of drug-likeness (QED) is 0.746. The van der Waals surface area contributed by atoms with Gasteiger partial charge in [0.05, 0.1) is 23.3 Å². The molecule has 1 aliphatic rings. The molecule has 6 nitrogen and oxygen atoms in total. The Morgan fingerprint density at radius 1 is 1.00 bits per heavy atom. The van der Waals surface area contributed by atoms with Crippen LogP contribution >= 0.6 is 11.6 Å². The molecule has 0 spiro atoms. The number of methoxy groups -OCH3 is 1. The summed E-state index contributed by atoms with van der Waals surface area (Å²) in [6, 6.07) is 11.3. The van der Waals surface area contributed by atoms with E-state index in [-0.39, 0.29) is 9.92 Å². The molecule has 2 aromatic rings. The fourth-order valence-corrected chi connectivity index (χ4v) is 4.29. The Hall–Kier alpha value is -1.74. The van der Waals surface area contributed by atoms with Gasteiger partial charge in [0.15, 0.2) is 0 Å². The maximum absolute atomic E-state index is 12.7. The van der Waals surface area contributed by atoms with Crippen LogP contribution in [0.25, 0.3) is 0 Å². The largest absolute Gasteiger partial charge is 0.497 e. The third-order valence-electron chi connectivity index (χ3n) is 5.12. The summed E-state index contributed by atoms with van der Waals surface area (Å²) in [6.07, 6.45) is 0. The lowest BCUT2D eigenvalue weighted by atomic mass is 9.79. The van der Waals surface area contributed by atoms with Crippen molar-refractivity contribution in [1.82, 2.24) is 0 Å². The van der Waals surface area contributed by atoms with Crippen LogP contribution in [0, 0.1) is 0 Å². The molecular formula is C19H23BClNO5S. The van der Waals surface area contributed by atoms with Crippen molar-refractivity contribution in [2.45, 2.75) is 43.8 Å². The van der Waals surface area contributed by atoms with Crippen LogP contribution in [0.3, 0.4) is 0 Å². The number of hydrogen-bond acceptors (Lipinski definition) is 5. The van der Waals surface area contributed by atoms with Crippen LogP contribution in [0.4, 0.5) is 5.69 Å². The zero-order valence-corrected chi connectivity index (χ0v) is 18.0. The van der Waals surface area contributed by atoms with Gasteiger partial charge in [0.25, 0.3) is 10.0 Å². The Balaban J connectivity index is 1.80. The Morgan fingerprint density at radius 2 is 1.57 bits per heavy atom. The van der Waals surface area contributed by atoms with E-state index < -0.39 is 28.3 Å². The van der Waals surface area contributed by atoms with Crippen LogP contribution in [-0.4, -0.2) is 33.8 Å². The van der Waals surface area contributed by atoms with Crippen LogP contribution in [0.1, 0.15) is 27.7 Å². The van der Waals surface area contributed by atoms with Gasteiger partial charge in [-0.15, -0.1) is 0 Å². The molecule has 1 aliphatic heterocycles. The number of rotatable bonds is 5. The first-order chi connectivity index (χ1) is 12.9. The van der Waals surface area contributed by atoms with Crippen LogP contribution in [0.15, 0.2) is 47.4 Å². The van der Waals surface area contributed by atoms with Gasteiger partial charge in [-0.2, -0.15) is 0 Å². The van der Waals surface area contributed by atoms with Gasteiger partial charge in [0.2, 0.25) is 0 Å². The standard InChI is InChI=1S/C19H23BClNO5S/c1-18(2)19(3,4)27-20(26-18)13-6-8-14(9-7-13)22-28(23,24)17-12-15(25-5)10-11-16(17)21/h6-12,22H,1-5H3. The van der Waals surface area contributed by atoms with E-state index >= 15 is 0 Å². The molecule has 0 amide bonds. The lowest BCUT2D eigenvalue weighted by Gasteiger charge is -2.32. The molecule has 9 heteroatoms. The lowest BCUT2D eigenvalue weighted by molar-refractivity contribution is 0.00578. The number of nitrogens with one attached hydrogen (secondary N) is 1. The fraction of sp³-hybridized carbons (Fsp3) is 0.368. The topological polar surface area (TPSA) is 73.9 Å². The highest BCUT2D eigenvalue weighted by Crippen LogP contribution is 2.36. The van der Waals surface area contributed by atoms with Gasteiger partial charge in [-0.3, -0.25) is 4.72 Å². The van der Waals surface area contributed by atoms with E-state index in [1.54, 1.807) is 30.3 Å². The molecule has 0 bridgehead atoms. The fourth-order valence-electron chi connectivity index (χ4n) is 2.71. The van der Waals surface area contributed by atoms with Gasteiger partial charge >= 0.3 is 7.12 Å². The Morgan fingerprint density at radius 3 is 2.11 bits per heavy atom. The second-order valence-corrected chi connectivity index (χ2v) is 9.67. The minimum absolute atomic E-state index is 0.0523. The van der Waals surface area contributed by atoms with Crippen molar-refractivity contribution in [3.8, 4) is 5.75 Å². The molecule has 3 rings (SSSR count). The Kier molecular flexibility index (Phi) is 5.44. The molecular weight excluding hydrogens is 401 g/mol. The maximum Gasteiger partial charge on any atom is 0.494 e. The Bertz CT molecular complexity index is 960. The highest BCUT2D eigenvalue weighted by atomic mass is 35.5. The molecule has 1 fully saturated rings. The molecule has 1 heterocycles. The first kappa shape index (κ1) is 21.0. The zero-order chi connectivity index (χ0) is 20.7. The molecule has 1 N–H and O–H groups in total. The minimum atomic E-state index is -3.87. The number of hydrogen-bond donors (Lipinski definition) is 1. The lowest BCUT2D eigenvalue weighted by Crippen LogP contribution is -2.41. The summed E-state index contributed by atoms with van der Waals surface area (Å²) >= 11 is 6.06. The van der Waals surface area contributed by atoms with E-state index in [0.29, 0.717) is 11.4 Å². The predicted octanol–water partition coefficient (Wildman–Crippen LogP) is 3.45. The van der Waals surface area contributed by atoms with Gasteiger partial charge in [0, 0.05) is 11.8 Å². The van der Waals surface area contributed by atoms with E-state index in [1.807, 2.05) is 27.7 Å². The van der Waals surface area contributed by atoms with E-state index in [1.165, 1.54) is 19.2 Å². The number of anilines is 1. The number of benzene rings is 2. The van der Waals surface area contributed by atoms with Crippen LogP contribution in [0.5, 0.6) is 5.75 Å². The molecule has 0 atom stereocenters. The van der Waals surface area contributed by atoms with Gasteiger partial charge < -0.3 is 14.0 Å². The summed E-state index contributed by atoms with van der Waals surface area (Å²) in [7, 11) is -2.92. The SMILES string of the molecule is COc1ccc(Cl)c(S(=O)(=O)Nc2ccc(B3OC(C)(C)C(C)(C)O3)cc2)c1. The zero-order valence-electron chi connectivity index (χ0n) is 16.4. The average molecular weight is 424 g/mol. The highest BCUT2D eigenvalue weighted by molar-refractivity contribution is 7.92. The average Bonchev–Trinajstić information content (AvgIpc) is 2.83. The van der Waals surface area contributed by atoms with Gasteiger partial charge in [-0.25, -0.2) is 8.42 Å². The minimum Gasteiger partial charge on any atom is -0.497 e. The van der Waals surface area contributed by atoms with Crippen molar-refractivity contribution in [3.63, 3.8) is 0 Å². The molecule has 2 aromatic carbocycles. The smallest absolute Gasteiger partial charge is 0.494 e. The van der Waals surface area contributed by atoms with Crippen LogP contribution < -0.4 is 14.9 Å². The van der Waals surface area contributed by atoms with E-state index in [4.69, 9.17) is 25.6 Å². The highest BCUT2D eigenvalue weighted by Gasteiger charge is 2.51. The van der Waals surface area contributed by atoms with Crippen molar-refractivity contribution >= 4 is 39.9 Å². The third kappa shape index (κ3) is 4.01. The number of sulfonamides is 1. The van der Waals surface area contributed by atoms with Gasteiger partial charge in [-0.1, -0.05) is 23.7 Å². The van der Waals surface area contributed by atoms with E-state index in [2.05, 4.69) is 4.72 Å². The molecule has 150 valence electrons. The second kappa shape index (κ2) is 7.26. The van der Waals surface area contributed by atoms with Crippen molar-refractivity contribution in [2.24, 2.45) is 0 Å². The summed E-state index contributed by atoms with van der Waals surface area (Å²) in [4.78, 5) is -0.0523. The Labute approximate surface area is 171 Å². The monoisotopic (exact) mass is 423 g/mol. The third-order valence-corrected chi connectivity index (χ3v) is 6.98. The predicted molar refractivity (Wildman–Crippen MR) is 111 cm³/mol. The van der Waals surface area contributed by atoms with E-state index in [0.717, 1.165) is 5.46 Å². The molecule has 0 aromatic heterocycles. The van der Waals surface area contributed by atoms with Crippen LogP contribution in [0.2, 0.25) is 5.02 Å². The molecule has 0 saturated carbocycles. The van der Waals surface area contributed by atoms with Gasteiger partial charge in [-0.05, 0) is 57.4 Å². The summed E-state index contributed by atoms with van der Waals surface area (Å²) in [5.41, 5.74) is 0.322. The van der Waals surface area contributed by atoms with Gasteiger partial charge in [0.1, 0.15) is 10.6 Å². The number of ether oxygens (including phenoxy) is 1. The molecule has 0 aliphatic carbocycles. The normalized spacial score (nSPS) is 18.1. The summed E-state index contributed by atoms with van der Waals surface area (Å²) in [5.74, 6) is 0.404. The van der Waals surface area contributed by atoms with Crippen molar-refractivity contribution < 1.29 is 22.5 Å². The summed E-state index contributed by atoms with van der Waals surface area (Å²) in [5, 5.41) is 0.113. The molecule has 1 saturated heterocycles.